The zero-order valence-corrected chi connectivity index (χ0v) is 13.3. The van der Waals surface area contributed by atoms with Crippen molar-refractivity contribution in [2.75, 3.05) is 6.54 Å². The molecular formula is C16H21N3O3. The van der Waals surface area contributed by atoms with Crippen LogP contribution in [0.1, 0.15) is 47.1 Å². The lowest BCUT2D eigenvalue weighted by Crippen LogP contribution is -2.52. The second-order valence-electron chi connectivity index (χ2n) is 6.41. The highest BCUT2D eigenvalue weighted by Gasteiger charge is 2.40. The van der Waals surface area contributed by atoms with Gasteiger partial charge in [-0.05, 0) is 39.8 Å². The van der Waals surface area contributed by atoms with Crippen molar-refractivity contribution in [2.24, 2.45) is 5.73 Å². The fourth-order valence-electron chi connectivity index (χ4n) is 2.30. The Morgan fingerprint density at radius 2 is 1.86 bits per heavy atom. The number of fused-ring (bicyclic) bond motifs is 1. The maximum absolute atomic E-state index is 12.4. The minimum absolute atomic E-state index is 0.262. The van der Waals surface area contributed by atoms with Crippen molar-refractivity contribution in [1.29, 1.82) is 0 Å². The molecule has 0 saturated carbocycles. The molecule has 3 amide bonds. The minimum Gasteiger partial charge on any atom is -0.352 e. The van der Waals surface area contributed by atoms with Crippen LogP contribution >= 0.6 is 0 Å². The number of nitrogens with two attached hydrogens (primary N) is 1. The topological polar surface area (TPSA) is 92.5 Å². The van der Waals surface area contributed by atoms with Gasteiger partial charge in [0.25, 0.3) is 11.8 Å². The molecule has 6 heteroatoms. The SMILES string of the molecule is Cc1ccc2c(c1)C(=O)N(C(C)C(=O)NCC(C)(C)N)C2=O. The highest BCUT2D eigenvalue weighted by molar-refractivity contribution is 6.22. The standard InChI is InChI=1S/C16H21N3O3/c1-9-5-6-11-12(7-9)15(22)19(14(11)21)10(2)13(20)18-8-16(3,4)17/h5-7,10H,8,17H2,1-4H3,(H,18,20). The fraction of sp³-hybridized carbons (Fsp3) is 0.438. The van der Waals surface area contributed by atoms with E-state index in [1.807, 2.05) is 6.92 Å². The number of carbonyl (C=O) groups is 3. The summed E-state index contributed by atoms with van der Waals surface area (Å²) in [4.78, 5) is 37.9. The van der Waals surface area contributed by atoms with E-state index in [1.54, 1.807) is 32.0 Å². The Labute approximate surface area is 129 Å². The van der Waals surface area contributed by atoms with Gasteiger partial charge in [-0.25, -0.2) is 0 Å². The molecule has 2 rings (SSSR count). The Hall–Kier alpha value is -2.21. The molecule has 1 aliphatic heterocycles. The molecule has 0 bridgehead atoms. The highest BCUT2D eigenvalue weighted by atomic mass is 16.2. The van der Waals surface area contributed by atoms with Gasteiger partial charge in [-0.15, -0.1) is 0 Å². The van der Waals surface area contributed by atoms with Gasteiger partial charge < -0.3 is 11.1 Å². The van der Waals surface area contributed by atoms with Gasteiger partial charge >= 0.3 is 0 Å². The van der Waals surface area contributed by atoms with Crippen LogP contribution in [0.15, 0.2) is 18.2 Å². The molecule has 0 saturated heterocycles. The molecule has 22 heavy (non-hydrogen) atoms. The van der Waals surface area contributed by atoms with Gasteiger partial charge in [0, 0.05) is 12.1 Å². The summed E-state index contributed by atoms with van der Waals surface area (Å²) in [6.45, 7) is 7.21. The van der Waals surface area contributed by atoms with Crippen LogP contribution in [-0.4, -0.2) is 40.7 Å². The average molecular weight is 303 g/mol. The van der Waals surface area contributed by atoms with E-state index in [-0.39, 0.29) is 6.54 Å². The summed E-state index contributed by atoms with van der Waals surface area (Å²) in [6.07, 6.45) is 0. The summed E-state index contributed by atoms with van der Waals surface area (Å²) in [5.74, 6) is -1.27. The van der Waals surface area contributed by atoms with E-state index in [4.69, 9.17) is 5.73 Å². The molecule has 1 aliphatic rings. The van der Waals surface area contributed by atoms with Gasteiger partial charge in [0.05, 0.1) is 11.1 Å². The Balaban J connectivity index is 2.18. The molecule has 0 fully saturated rings. The molecule has 3 N–H and O–H groups in total. The van der Waals surface area contributed by atoms with E-state index >= 15 is 0 Å². The van der Waals surface area contributed by atoms with Gasteiger partial charge in [0.2, 0.25) is 5.91 Å². The third-order valence-corrected chi connectivity index (χ3v) is 3.56. The molecule has 0 aliphatic carbocycles. The largest absolute Gasteiger partial charge is 0.352 e. The molecule has 1 aromatic rings. The molecule has 1 unspecified atom stereocenters. The second-order valence-corrected chi connectivity index (χ2v) is 6.41. The zero-order valence-electron chi connectivity index (χ0n) is 13.3. The number of hydrogen-bond acceptors (Lipinski definition) is 4. The molecule has 0 spiro atoms. The number of amides is 3. The predicted octanol–water partition coefficient (Wildman–Crippen LogP) is 0.833. The first-order valence-corrected chi connectivity index (χ1v) is 7.17. The van der Waals surface area contributed by atoms with Crippen molar-refractivity contribution in [2.45, 2.75) is 39.3 Å². The van der Waals surface area contributed by atoms with Crippen molar-refractivity contribution in [3.8, 4) is 0 Å². The first-order valence-electron chi connectivity index (χ1n) is 7.17. The van der Waals surface area contributed by atoms with Crippen LogP contribution in [0, 0.1) is 6.92 Å². The van der Waals surface area contributed by atoms with Gasteiger partial charge in [0.1, 0.15) is 6.04 Å². The third-order valence-electron chi connectivity index (χ3n) is 3.56. The fourth-order valence-corrected chi connectivity index (χ4v) is 2.30. The Bertz CT molecular complexity index is 647. The summed E-state index contributed by atoms with van der Waals surface area (Å²) >= 11 is 0. The molecule has 1 aromatic carbocycles. The highest BCUT2D eigenvalue weighted by Crippen LogP contribution is 2.25. The molecule has 0 radical (unpaired) electrons. The summed E-state index contributed by atoms with van der Waals surface area (Å²) < 4.78 is 0. The summed E-state index contributed by atoms with van der Waals surface area (Å²) in [7, 11) is 0. The second kappa shape index (κ2) is 5.53. The summed E-state index contributed by atoms with van der Waals surface area (Å²) in [5, 5.41) is 2.67. The van der Waals surface area contributed by atoms with Crippen LogP contribution in [0.2, 0.25) is 0 Å². The van der Waals surface area contributed by atoms with Crippen molar-refractivity contribution in [1.82, 2.24) is 10.2 Å². The van der Waals surface area contributed by atoms with Crippen LogP contribution in [0.25, 0.3) is 0 Å². The van der Waals surface area contributed by atoms with E-state index in [0.29, 0.717) is 11.1 Å². The quantitative estimate of drug-likeness (QED) is 0.806. The van der Waals surface area contributed by atoms with E-state index in [0.717, 1.165) is 10.5 Å². The van der Waals surface area contributed by atoms with Crippen molar-refractivity contribution in [3.05, 3.63) is 34.9 Å². The third kappa shape index (κ3) is 3.01. The molecule has 0 aromatic heterocycles. The number of nitrogens with one attached hydrogen (secondary N) is 1. The first kappa shape index (κ1) is 16.2. The average Bonchev–Trinajstić information content (AvgIpc) is 2.66. The lowest BCUT2D eigenvalue weighted by molar-refractivity contribution is -0.124. The van der Waals surface area contributed by atoms with Crippen LogP contribution < -0.4 is 11.1 Å². The Kier molecular flexibility index (Phi) is 4.06. The summed E-state index contributed by atoms with van der Waals surface area (Å²) in [5.41, 5.74) is 6.84. The number of aryl methyl sites for hydroxylation is 1. The van der Waals surface area contributed by atoms with Gasteiger partial charge in [-0.2, -0.15) is 0 Å². The Morgan fingerprint density at radius 1 is 1.27 bits per heavy atom. The normalized spacial score (nSPS) is 15.8. The maximum atomic E-state index is 12.4. The van der Waals surface area contributed by atoms with Crippen LogP contribution in [0.5, 0.6) is 0 Å². The van der Waals surface area contributed by atoms with E-state index in [2.05, 4.69) is 5.32 Å². The molecule has 118 valence electrons. The first-order chi connectivity index (χ1) is 10.1. The molecule has 1 atom stereocenters. The van der Waals surface area contributed by atoms with E-state index in [9.17, 15) is 14.4 Å². The predicted molar refractivity (Wildman–Crippen MR) is 82.4 cm³/mol. The van der Waals surface area contributed by atoms with Crippen LogP contribution in [0.4, 0.5) is 0 Å². The van der Waals surface area contributed by atoms with E-state index < -0.39 is 29.3 Å². The number of carbonyl (C=O) groups excluding carboxylic acids is 3. The lowest BCUT2D eigenvalue weighted by Gasteiger charge is -2.24. The number of rotatable bonds is 4. The van der Waals surface area contributed by atoms with Gasteiger partial charge in [0.15, 0.2) is 0 Å². The summed E-state index contributed by atoms with van der Waals surface area (Å²) in [6, 6.07) is 4.19. The number of benzene rings is 1. The van der Waals surface area contributed by atoms with Crippen LogP contribution in [-0.2, 0) is 4.79 Å². The van der Waals surface area contributed by atoms with Crippen LogP contribution in [0.3, 0.4) is 0 Å². The van der Waals surface area contributed by atoms with Gasteiger partial charge in [-0.3, -0.25) is 19.3 Å². The number of imide groups is 1. The monoisotopic (exact) mass is 303 g/mol. The Morgan fingerprint density at radius 3 is 2.45 bits per heavy atom. The molecule has 6 nitrogen and oxygen atoms in total. The molecule has 1 heterocycles. The number of nitrogens with zero attached hydrogens (tertiary/aromatic N) is 1. The molecular weight excluding hydrogens is 282 g/mol. The van der Waals surface area contributed by atoms with Crippen molar-refractivity contribution < 1.29 is 14.4 Å². The zero-order chi connectivity index (χ0) is 16.7. The maximum Gasteiger partial charge on any atom is 0.262 e. The smallest absolute Gasteiger partial charge is 0.262 e. The van der Waals surface area contributed by atoms with Crippen molar-refractivity contribution in [3.63, 3.8) is 0 Å². The minimum atomic E-state index is -0.880. The van der Waals surface area contributed by atoms with Crippen molar-refractivity contribution >= 4 is 17.7 Å². The lowest BCUT2D eigenvalue weighted by atomic mass is 10.1. The van der Waals surface area contributed by atoms with E-state index in [1.165, 1.54) is 6.92 Å². The number of hydrogen-bond donors (Lipinski definition) is 2. The van der Waals surface area contributed by atoms with Gasteiger partial charge in [-0.1, -0.05) is 11.6 Å².